The third-order valence-corrected chi connectivity index (χ3v) is 4.00. The number of cyclic esters (lactones) is 1. The summed E-state index contributed by atoms with van der Waals surface area (Å²) in [4.78, 5) is 26.8. The Morgan fingerprint density at radius 3 is 2.71 bits per heavy atom. The van der Waals surface area contributed by atoms with Gasteiger partial charge in [0.05, 0.1) is 4.92 Å². The van der Waals surface area contributed by atoms with E-state index in [1.54, 1.807) is 19.1 Å². The molecule has 0 aromatic heterocycles. The van der Waals surface area contributed by atoms with E-state index in [2.05, 4.69) is 20.9 Å². The lowest BCUT2D eigenvalue weighted by molar-refractivity contribution is -0.385. The maximum Gasteiger partial charge on any atom is 0.363 e. The van der Waals surface area contributed by atoms with Gasteiger partial charge in [0.25, 0.3) is 5.69 Å². The summed E-state index contributed by atoms with van der Waals surface area (Å²) < 4.78 is 6.06. The van der Waals surface area contributed by atoms with E-state index in [0.717, 1.165) is 10.0 Å². The fraction of sp³-hybridized carbons (Fsp3) is 0.0588. The van der Waals surface area contributed by atoms with Gasteiger partial charge >= 0.3 is 5.97 Å². The molecule has 1 heterocycles. The number of esters is 1. The van der Waals surface area contributed by atoms with E-state index < -0.39 is 10.9 Å². The molecule has 1 aliphatic rings. The molecule has 0 bridgehead atoms. The highest BCUT2D eigenvalue weighted by Crippen LogP contribution is 2.26. The average molecular weight is 387 g/mol. The molecule has 0 fully saturated rings. The Labute approximate surface area is 145 Å². The second kappa shape index (κ2) is 6.37. The number of ether oxygens (including phenoxy) is 1. The molecule has 6 nitrogen and oxygen atoms in total. The first-order valence-electron chi connectivity index (χ1n) is 6.98. The van der Waals surface area contributed by atoms with Crippen LogP contribution in [0, 0.1) is 17.0 Å². The summed E-state index contributed by atoms with van der Waals surface area (Å²) in [5.41, 5.74) is 1.72. The maximum atomic E-state index is 12.0. The van der Waals surface area contributed by atoms with Crippen molar-refractivity contribution >= 4 is 39.6 Å². The van der Waals surface area contributed by atoms with Crippen LogP contribution in [0.25, 0.3) is 6.08 Å². The Kier molecular flexibility index (Phi) is 4.26. The van der Waals surface area contributed by atoms with Gasteiger partial charge in [0.15, 0.2) is 5.70 Å². The highest BCUT2D eigenvalue weighted by Gasteiger charge is 2.27. The lowest BCUT2D eigenvalue weighted by Gasteiger charge is -2.04. The van der Waals surface area contributed by atoms with Crippen molar-refractivity contribution in [1.29, 1.82) is 0 Å². The standard InChI is InChI=1S/C17H11BrN2O4/c1-10-13(6-3-7-15(10)20(22)23)16-19-14(17(21)24-16)9-11-4-2-5-12(18)8-11/h2-9H,1H3/b14-9-. The Bertz CT molecular complexity index is 919. The fourth-order valence-corrected chi connectivity index (χ4v) is 2.75. The maximum absolute atomic E-state index is 12.0. The molecule has 0 aliphatic carbocycles. The molecule has 0 spiro atoms. The van der Waals surface area contributed by atoms with Crippen molar-refractivity contribution < 1.29 is 14.5 Å². The van der Waals surface area contributed by atoms with Gasteiger partial charge in [-0.25, -0.2) is 9.79 Å². The van der Waals surface area contributed by atoms with Gasteiger partial charge in [-0.05, 0) is 36.8 Å². The zero-order valence-corrected chi connectivity index (χ0v) is 14.1. The number of nitro groups is 1. The minimum Gasteiger partial charge on any atom is -0.402 e. The first-order chi connectivity index (χ1) is 11.5. The average Bonchev–Trinajstić information content (AvgIpc) is 2.88. The summed E-state index contributed by atoms with van der Waals surface area (Å²) in [6.45, 7) is 1.60. The van der Waals surface area contributed by atoms with E-state index in [9.17, 15) is 14.9 Å². The Morgan fingerprint density at radius 2 is 2.00 bits per heavy atom. The Balaban J connectivity index is 2.01. The van der Waals surface area contributed by atoms with Gasteiger partial charge in [0, 0.05) is 21.7 Å². The Hall–Kier alpha value is -2.80. The van der Waals surface area contributed by atoms with Crippen molar-refractivity contribution in [3.05, 3.63) is 79.4 Å². The molecule has 0 unspecified atom stereocenters. The Morgan fingerprint density at radius 1 is 1.25 bits per heavy atom. The molecule has 7 heteroatoms. The third-order valence-electron chi connectivity index (χ3n) is 3.50. The SMILES string of the molecule is Cc1c(C2=N/C(=C\c3cccc(Br)c3)C(=O)O2)cccc1[N+](=O)[O-]. The lowest BCUT2D eigenvalue weighted by Crippen LogP contribution is -2.08. The number of hydrogen-bond acceptors (Lipinski definition) is 5. The molecule has 0 amide bonds. The van der Waals surface area contributed by atoms with E-state index in [1.165, 1.54) is 12.1 Å². The van der Waals surface area contributed by atoms with Crippen molar-refractivity contribution in [2.75, 3.05) is 0 Å². The molecule has 0 saturated heterocycles. The molecular formula is C17H11BrN2O4. The molecule has 0 N–H and O–H groups in total. The van der Waals surface area contributed by atoms with Crippen LogP contribution in [0.15, 0.2) is 57.6 Å². The summed E-state index contributed by atoms with van der Waals surface area (Å²) in [6, 6.07) is 11.9. The lowest BCUT2D eigenvalue weighted by atomic mass is 10.1. The molecule has 2 aromatic carbocycles. The molecular weight excluding hydrogens is 376 g/mol. The van der Waals surface area contributed by atoms with Crippen LogP contribution in [-0.2, 0) is 9.53 Å². The topological polar surface area (TPSA) is 81.8 Å². The minimum absolute atomic E-state index is 0.0457. The highest BCUT2D eigenvalue weighted by atomic mass is 79.9. The number of carbonyl (C=O) groups excluding carboxylic acids is 1. The fourth-order valence-electron chi connectivity index (χ4n) is 2.33. The van der Waals surface area contributed by atoms with E-state index in [0.29, 0.717) is 11.1 Å². The van der Waals surface area contributed by atoms with Crippen LogP contribution in [0.4, 0.5) is 5.69 Å². The molecule has 3 rings (SSSR count). The summed E-state index contributed by atoms with van der Waals surface area (Å²) in [6.07, 6.45) is 1.60. The molecule has 0 atom stereocenters. The largest absolute Gasteiger partial charge is 0.402 e. The summed E-state index contributed by atoms with van der Waals surface area (Å²) >= 11 is 3.36. The zero-order valence-electron chi connectivity index (χ0n) is 12.5. The van der Waals surface area contributed by atoms with Gasteiger partial charge in [-0.15, -0.1) is 0 Å². The van der Waals surface area contributed by atoms with Crippen molar-refractivity contribution in [3.63, 3.8) is 0 Å². The summed E-state index contributed by atoms with van der Waals surface area (Å²) in [5, 5.41) is 11.0. The first kappa shape index (κ1) is 16.1. The monoisotopic (exact) mass is 386 g/mol. The molecule has 120 valence electrons. The van der Waals surface area contributed by atoms with Gasteiger partial charge in [-0.3, -0.25) is 10.1 Å². The number of carbonyl (C=O) groups is 1. The van der Waals surface area contributed by atoms with Crippen LogP contribution >= 0.6 is 15.9 Å². The van der Waals surface area contributed by atoms with Gasteiger partial charge in [0.2, 0.25) is 5.90 Å². The second-order valence-corrected chi connectivity index (χ2v) is 6.01. The normalized spacial score (nSPS) is 15.3. The predicted molar refractivity (Wildman–Crippen MR) is 92.6 cm³/mol. The van der Waals surface area contributed by atoms with Crippen LogP contribution in [0.3, 0.4) is 0 Å². The number of nitro benzene ring substituents is 1. The summed E-state index contributed by atoms with van der Waals surface area (Å²) in [7, 11) is 0. The van der Waals surface area contributed by atoms with Gasteiger partial charge < -0.3 is 4.74 Å². The molecule has 24 heavy (non-hydrogen) atoms. The number of hydrogen-bond donors (Lipinski definition) is 0. The van der Waals surface area contributed by atoms with E-state index >= 15 is 0 Å². The van der Waals surface area contributed by atoms with Gasteiger partial charge in [-0.2, -0.15) is 0 Å². The van der Waals surface area contributed by atoms with Crippen molar-refractivity contribution in [2.24, 2.45) is 4.99 Å². The van der Waals surface area contributed by atoms with Crippen molar-refractivity contribution in [3.8, 4) is 0 Å². The van der Waals surface area contributed by atoms with Gasteiger partial charge in [0.1, 0.15) is 0 Å². The second-order valence-electron chi connectivity index (χ2n) is 5.10. The predicted octanol–water partition coefficient (Wildman–Crippen LogP) is 4.01. The van der Waals surface area contributed by atoms with E-state index in [1.807, 2.05) is 24.3 Å². The smallest absolute Gasteiger partial charge is 0.363 e. The number of rotatable bonds is 3. The number of aliphatic imine (C=N–C) groups is 1. The van der Waals surface area contributed by atoms with Gasteiger partial charge in [-0.1, -0.05) is 34.1 Å². The van der Waals surface area contributed by atoms with Crippen LogP contribution in [0.5, 0.6) is 0 Å². The quantitative estimate of drug-likeness (QED) is 0.345. The number of halogens is 1. The third kappa shape index (κ3) is 3.11. The van der Waals surface area contributed by atoms with Crippen molar-refractivity contribution in [2.45, 2.75) is 6.92 Å². The zero-order chi connectivity index (χ0) is 17.3. The van der Waals surface area contributed by atoms with Crippen LogP contribution < -0.4 is 0 Å². The molecule has 2 aromatic rings. The molecule has 0 radical (unpaired) electrons. The van der Waals surface area contributed by atoms with Crippen LogP contribution in [-0.4, -0.2) is 16.8 Å². The van der Waals surface area contributed by atoms with E-state index in [4.69, 9.17) is 4.74 Å². The van der Waals surface area contributed by atoms with Crippen LogP contribution in [0.1, 0.15) is 16.7 Å². The number of benzene rings is 2. The van der Waals surface area contributed by atoms with Crippen LogP contribution in [0.2, 0.25) is 0 Å². The number of nitrogens with zero attached hydrogens (tertiary/aromatic N) is 2. The molecule has 0 saturated carbocycles. The first-order valence-corrected chi connectivity index (χ1v) is 7.77. The molecule has 1 aliphatic heterocycles. The van der Waals surface area contributed by atoms with Crippen molar-refractivity contribution in [1.82, 2.24) is 0 Å². The minimum atomic E-state index is -0.587. The van der Waals surface area contributed by atoms with E-state index in [-0.39, 0.29) is 17.3 Å². The summed E-state index contributed by atoms with van der Waals surface area (Å²) in [5.74, 6) is -0.515. The highest BCUT2D eigenvalue weighted by molar-refractivity contribution is 9.10.